The van der Waals surface area contributed by atoms with Gasteiger partial charge >= 0.3 is 0 Å². The zero-order valence-corrected chi connectivity index (χ0v) is 13.0. The number of nitrogens with two attached hydrogens (primary N) is 1. The van der Waals surface area contributed by atoms with Gasteiger partial charge in [0.25, 0.3) is 0 Å². The molecule has 112 valence electrons. The molecule has 21 heavy (non-hydrogen) atoms. The first-order valence-electron chi connectivity index (χ1n) is 7.77. The highest BCUT2D eigenvalue weighted by Crippen LogP contribution is 2.49. The minimum absolute atomic E-state index is 0.186. The first kappa shape index (κ1) is 14.5. The van der Waals surface area contributed by atoms with Crippen molar-refractivity contribution in [3.63, 3.8) is 0 Å². The van der Waals surface area contributed by atoms with Crippen molar-refractivity contribution in [2.24, 2.45) is 23.5 Å². The first-order chi connectivity index (χ1) is 10.1. The predicted octanol–water partition coefficient (Wildman–Crippen LogP) is 2.76. The maximum atomic E-state index is 12.1. The van der Waals surface area contributed by atoms with E-state index in [1.165, 1.54) is 25.7 Å². The summed E-state index contributed by atoms with van der Waals surface area (Å²) in [7, 11) is 0. The highest BCUT2D eigenvalue weighted by atomic mass is 32.1. The molecule has 0 saturated heterocycles. The number of nitrogens with one attached hydrogen (secondary N) is 1. The summed E-state index contributed by atoms with van der Waals surface area (Å²) in [6.45, 7) is 0.581. The molecular formula is C17H22N2OS. The van der Waals surface area contributed by atoms with E-state index in [1.807, 2.05) is 24.3 Å². The molecule has 0 radical (unpaired) electrons. The molecule has 0 heterocycles. The molecular weight excluding hydrogens is 280 g/mol. The van der Waals surface area contributed by atoms with Crippen molar-refractivity contribution in [2.45, 2.75) is 38.6 Å². The van der Waals surface area contributed by atoms with Gasteiger partial charge in [-0.2, -0.15) is 0 Å². The molecule has 3 nitrogen and oxygen atoms in total. The second-order valence-electron chi connectivity index (χ2n) is 6.48. The summed E-state index contributed by atoms with van der Waals surface area (Å²) in [4.78, 5) is 12.5. The first-order valence-corrected chi connectivity index (χ1v) is 8.18. The van der Waals surface area contributed by atoms with Crippen LogP contribution in [0.15, 0.2) is 24.3 Å². The van der Waals surface area contributed by atoms with Crippen LogP contribution in [0.3, 0.4) is 0 Å². The largest absolute Gasteiger partial charge is 0.389 e. The lowest BCUT2D eigenvalue weighted by molar-refractivity contribution is -0.122. The van der Waals surface area contributed by atoms with Gasteiger partial charge in [-0.15, -0.1) is 0 Å². The van der Waals surface area contributed by atoms with Gasteiger partial charge in [0.15, 0.2) is 0 Å². The third-order valence-corrected chi connectivity index (χ3v) is 5.30. The van der Waals surface area contributed by atoms with Crippen LogP contribution in [0.5, 0.6) is 0 Å². The number of fused-ring (bicyclic) bond motifs is 2. The number of carbonyl (C=O) groups is 1. The van der Waals surface area contributed by atoms with E-state index in [0.29, 0.717) is 23.9 Å². The Morgan fingerprint density at radius 2 is 2.00 bits per heavy atom. The Morgan fingerprint density at radius 1 is 1.24 bits per heavy atom. The molecule has 0 aromatic heterocycles. The molecule has 2 fully saturated rings. The second kappa shape index (κ2) is 6.14. The number of hydrogen-bond donors (Lipinski definition) is 2. The van der Waals surface area contributed by atoms with E-state index in [-0.39, 0.29) is 5.91 Å². The molecule has 2 bridgehead atoms. The second-order valence-corrected chi connectivity index (χ2v) is 6.92. The quantitative estimate of drug-likeness (QED) is 0.822. The van der Waals surface area contributed by atoms with Gasteiger partial charge in [-0.3, -0.25) is 4.79 Å². The smallest absolute Gasteiger partial charge is 0.220 e. The lowest BCUT2D eigenvalue weighted by Crippen LogP contribution is -2.26. The average Bonchev–Trinajstić information content (AvgIpc) is 3.08. The van der Waals surface area contributed by atoms with Crippen LogP contribution in [0, 0.1) is 17.8 Å². The van der Waals surface area contributed by atoms with Gasteiger partial charge in [-0.25, -0.2) is 0 Å². The number of hydrogen-bond acceptors (Lipinski definition) is 2. The third-order valence-electron chi connectivity index (χ3n) is 5.06. The zero-order chi connectivity index (χ0) is 14.8. The summed E-state index contributed by atoms with van der Waals surface area (Å²) in [5, 5.41) is 3.03. The van der Waals surface area contributed by atoms with Gasteiger partial charge in [0.2, 0.25) is 5.91 Å². The molecule has 4 heteroatoms. The summed E-state index contributed by atoms with van der Waals surface area (Å²) in [6.07, 6.45) is 6.05. The zero-order valence-electron chi connectivity index (χ0n) is 12.2. The lowest BCUT2D eigenvalue weighted by atomic mass is 9.86. The third kappa shape index (κ3) is 3.43. The highest BCUT2D eigenvalue weighted by molar-refractivity contribution is 7.80. The summed E-state index contributed by atoms with van der Waals surface area (Å²) in [6, 6.07) is 7.73. The maximum Gasteiger partial charge on any atom is 0.220 e. The number of carbonyl (C=O) groups excluding carboxylic acids is 1. The topological polar surface area (TPSA) is 55.1 Å². The number of benzene rings is 1. The normalized spacial score (nSPS) is 26.8. The average molecular weight is 302 g/mol. The van der Waals surface area contributed by atoms with Crippen LogP contribution < -0.4 is 11.1 Å². The van der Waals surface area contributed by atoms with Gasteiger partial charge in [0.05, 0.1) is 0 Å². The highest BCUT2D eigenvalue weighted by Gasteiger charge is 2.39. The number of rotatable bonds is 5. The fourth-order valence-corrected chi connectivity index (χ4v) is 4.06. The summed E-state index contributed by atoms with van der Waals surface area (Å²) in [5.74, 6) is 2.53. The van der Waals surface area contributed by atoms with Crippen LogP contribution in [0.25, 0.3) is 0 Å². The van der Waals surface area contributed by atoms with E-state index in [9.17, 15) is 4.79 Å². The van der Waals surface area contributed by atoms with Crippen molar-refractivity contribution in [1.29, 1.82) is 0 Å². The van der Waals surface area contributed by atoms with Gasteiger partial charge in [-0.1, -0.05) is 42.9 Å². The molecule has 3 atom stereocenters. The summed E-state index contributed by atoms with van der Waals surface area (Å²) >= 11 is 4.93. The van der Waals surface area contributed by atoms with E-state index in [4.69, 9.17) is 18.0 Å². The molecule has 0 aliphatic heterocycles. The Hall–Kier alpha value is -1.42. The number of thiocarbonyl (C=S) groups is 1. The minimum Gasteiger partial charge on any atom is -0.389 e. The van der Waals surface area contributed by atoms with Crippen LogP contribution in [0.4, 0.5) is 0 Å². The lowest BCUT2D eigenvalue weighted by Gasteiger charge is -2.20. The molecule has 0 spiro atoms. The minimum atomic E-state index is 0.186. The molecule has 2 aliphatic carbocycles. The van der Waals surface area contributed by atoms with E-state index in [2.05, 4.69) is 5.32 Å². The van der Waals surface area contributed by atoms with Crippen LogP contribution in [0.2, 0.25) is 0 Å². The molecule has 3 N–H and O–H groups in total. The molecule has 3 unspecified atom stereocenters. The van der Waals surface area contributed by atoms with Gasteiger partial charge in [0.1, 0.15) is 4.99 Å². The van der Waals surface area contributed by atoms with Crippen molar-refractivity contribution in [1.82, 2.24) is 5.32 Å². The van der Waals surface area contributed by atoms with E-state index >= 15 is 0 Å². The standard InChI is InChI=1S/C17H22N2OS/c18-17(21)13-4-1-11(2-5-13)10-19-16(20)9-15-8-12-3-6-14(15)7-12/h1-2,4-5,12,14-15H,3,6-10H2,(H2,18,21)(H,19,20). The molecule has 2 saturated carbocycles. The monoisotopic (exact) mass is 302 g/mol. The fourth-order valence-electron chi connectivity index (χ4n) is 3.92. The summed E-state index contributed by atoms with van der Waals surface area (Å²) in [5.41, 5.74) is 7.51. The Morgan fingerprint density at radius 3 is 2.57 bits per heavy atom. The van der Waals surface area contributed by atoms with Gasteiger partial charge in [-0.05, 0) is 42.6 Å². The Balaban J connectivity index is 1.46. The maximum absolute atomic E-state index is 12.1. The molecule has 1 amide bonds. The van der Waals surface area contributed by atoms with Crippen molar-refractivity contribution in [3.8, 4) is 0 Å². The molecule has 1 aromatic carbocycles. The van der Waals surface area contributed by atoms with Crippen molar-refractivity contribution < 1.29 is 4.79 Å². The van der Waals surface area contributed by atoms with Crippen LogP contribution in [-0.4, -0.2) is 10.9 Å². The Bertz CT molecular complexity index is 540. The van der Waals surface area contributed by atoms with Crippen molar-refractivity contribution in [2.75, 3.05) is 0 Å². The van der Waals surface area contributed by atoms with E-state index in [1.54, 1.807) is 0 Å². The molecule has 2 aliphatic rings. The Labute approximate surface area is 131 Å². The number of amides is 1. The van der Waals surface area contributed by atoms with Crippen LogP contribution in [-0.2, 0) is 11.3 Å². The predicted molar refractivity (Wildman–Crippen MR) is 87.7 cm³/mol. The van der Waals surface area contributed by atoms with E-state index < -0.39 is 0 Å². The van der Waals surface area contributed by atoms with Crippen LogP contribution in [0.1, 0.15) is 43.2 Å². The van der Waals surface area contributed by atoms with Gasteiger partial charge in [0, 0.05) is 18.5 Å². The molecule has 3 rings (SSSR count). The SMILES string of the molecule is NC(=S)c1ccc(CNC(=O)CC2CC3CCC2C3)cc1. The van der Waals surface area contributed by atoms with Crippen molar-refractivity contribution in [3.05, 3.63) is 35.4 Å². The van der Waals surface area contributed by atoms with Crippen molar-refractivity contribution >= 4 is 23.1 Å². The summed E-state index contributed by atoms with van der Waals surface area (Å²) < 4.78 is 0. The Kier molecular flexibility index (Phi) is 4.24. The molecule has 1 aromatic rings. The van der Waals surface area contributed by atoms with Crippen LogP contribution >= 0.6 is 12.2 Å². The van der Waals surface area contributed by atoms with E-state index in [0.717, 1.165) is 23.0 Å². The van der Waals surface area contributed by atoms with Gasteiger partial charge < -0.3 is 11.1 Å². The fraction of sp³-hybridized carbons (Fsp3) is 0.529.